The molecule has 1 aromatic rings. The zero-order valence-electron chi connectivity index (χ0n) is 14.9. The lowest BCUT2D eigenvalue weighted by atomic mass is 10.1. The molecule has 1 aliphatic heterocycles. The average Bonchev–Trinajstić information content (AvgIpc) is 2.60. The van der Waals surface area contributed by atoms with Gasteiger partial charge in [-0.3, -0.25) is 9.59 Å². The SMILES string of the molecule is CNC(=O)CS(=O)(=O)C1CCN(C(=O)c2cccc(N(C)C)c2)CC1. The van der Waals surface area contributed by atoms with Crippen LogP contribution in [0.5, 0.6) is 0 Å². The van der Waals surface area contributed by atoms with E-state index in [-0.39, 0.29) is 5.91 Å². The third-order valence-electron chi connectivity index (χ3n) is 4.46. The lowest BCUT2D eigenvalue weighted by Crippen LogP contribution is -2.44. The highest BCUT2D eigenvalue weighted by atomic mass is 32.2. The van der Waals surface area contributed by atoms with E-state index in [1.165, 1.54) is 7.05 Å². The van der Waals surface area contributed by atoms with Gasteiger partial charge in [0.1, 0.15) is 5.75 Å². The van der Waals surface area contributed by atoms with Crippen molar-refractivity contribution in [2.75, 3.05) is 44.9 Å². The summed E-state index contributed by atoms with van der Waals surface area (Å²) >= 11 is 0. The average molecular weight is 367 g/mol. The van der Waals surface area contributed by atoms with E-state index in [4.69, 9.17) is 0 Å². The van der Waals surface area contributed by atoms with Gasteiger partial charge in [0.25, 0.3) is 5.91 Å². The molecule has 0 aliphatic carbocycles. The van der Waals surface area contributed by atoms with E-state index >= 15 is 0 Å². The number of piperidine rings is 1. The summed E-state index contributed by atoms with van der Waals surface area (Å²) in [7, 11) is 1.75. The maximum Gasteiger partial charge on any atom is 0.253 e. The van der Waals surface area contributed by atoms with Gasteiger partial charge in [-0.1, -0.05) is 6.07 Å². The van der Waals surface area contributed by atoms with Gasteiger partial charge in [-0.05, 0) is 31.0 Å². The van der Waals surface area contributed by atoms with Gasteiger partial charge < -0.3 is 15.1 Å². The van der Waals surface area contributed by atoms with Crippen LogP contribution in [0.2, 0.25) is 0 Å². The monoisotopic (exact) mass is 367 g/mol. The van der Waals surface area contributed by atoms with Crippen LogP contribution in [0.4, 0.5) is 5.69 Å². The first-order valence-corrected chi connectivity index (χ1v) is 9.95. The third-order valence-corrected chi connectivity index (χ3v) is 6.61. The van der Waals surface area contributed by atoms with Crippen molar-refractivity contribution < 1.29 is 18.0 Å². The van der Waals surface area contributed by atoms with Crippen molar-refractivity contribution in [1.82, 2.24) is 10.2 Å². The van der Waals surface area contributed by atoms with Crippen molar-refractivity contribution in [3.8, 4) is 0 Å². The second kappa shape index (κ2) is 7.86. The fourth-order valence-corrected chi connectivity index (χ4v) is 4.56. The van der Waals surface area contributed by atoms with Gasteiger partial charge in [0.05, 0.1) is 5.25 Å². The Morgan fingerprint density at radius 3 is 2.44 bits per heavy atom. The number of hydrogen-bond acceptors (Lipinski definition) is 5. The minimum atomic E-state index is -3.48. The number of sulfone groups is 1. The first-order valence-electron chi connectivity index (χ1n) is 8.23. The molecule has 1 fully saturated rings. The van der Waals surface area contributed by atoms with E-state index in [0.717, 1.165) is 5.69 Å². The van der Waals surface area contributed by atoms with E-state index < -0.39 is 26.7 Å². The van der Waals surface area contributed by atoms with Crippen LogP contribution in [0.3, 0.4) is 0 Å². The molecule has 0 bridgehead atoms. The number of rotatable bonds is 5. The third kappa shape index (κ3) is 4.72. The van der Waals surface area contributed by atoms with Gasteiger partial charge in [-0.15, -0.1) is 0 Å². The maximum absolute atomic E-state index is 12.6. The van der Waals surface area contributed by atoms with Gasteiger partial charge in [-0.2, -0.15) is 0 Å². The molecule has 1 heterocycles. The molecule has 8 heteroatoms. The number of carbonyl (C=O) groups is 2. The van der Waals surface area contributed by atoms with E-state index in [1.807, 2.05) is 37.2 Å². The van der Waals surface area contributed by atoms with Gasteiger partial charge >= 0.3 is 0 Å². The Hall–Kier alpha value is -2.09. The number of carbonyl (C=O) groups excluding carboxylic acids is 2. The molecule has 0 aromatic heterocycles. The van der Waals surface area contributed by atoms with Crippen molar-refractivity contribution in [3.05, 3.63) is 29.8 Å². The number of nitrogens with one attached hydrogen (secondary N) is 1. The Morgan fingerprint density at radius 1 is 1.24 bits per heavy atom. The van der Waals surface area contributed by atoms with E-state index in [9.17, 15) is 18.0 Å². The van der Waals surface area contributed by atoms with Crippen LogP contribution in [0, 0.1) is 0 Å². The fraction of sp³-hybridized carbons (Fsp3) is 0.529. The quantitative estimate of drug-likeness (QED) is 0.820. The zero-order valence-corrected chi connectivity index (χ0v) is 15.7. The highest BCUT2D eigenvalue weighted by Gasteiger charge is 2.33. The first-order chi connectivity index (χ1) is 11.7. The smallest absolute Gasteiger partial charge is 0.253 e. The summed E-state index contributed by atoms with van der Waals surface area (Å²) in [4.78, 5) is 27.6. The molecule has 1 N–H and O–H groups in total. The molecule has 7 nitrogen and oxygen atoms in total. The van der Waals surface area contributed by atoms with Crippen LogP contribution < -0.4 is 10.2 Å². The van der Waals surface area contributed by atoms with E-state index in [0.29, 0.717) is 31.5 Å². The van der Waals surface area contributed by atoms with Gasteiger partial charge in [0.2, 0.25) is 5.91 Å². The van der Waals surface area contributed by atoms with Crippen molar-refractivity contribution >= 4 is 27.3 Å². The molecule has 1 saturated heterocycles. The van der Waals surface area contributed by atoms with Crippen molar-refractivity contribution in [1.29, 1.82) is 0 Å². The number of nitrogens with zero attached hydrogens (tertiary/aromatic N) is 2. The highest BCUT2D eigenvalue weighted by Crippen LogP contribution is 2.21. The minimum Gasteiger partial charge on any atom is -0.378 e. The number of anilines is 1. The minimum absolute atomic E-state index is 0.0918. The predicted octanol–water partition coefficient (Wildman–Crippen LogP) is 0.518. The number of amides is 2. The second-order valence-electron chi connectivity index (χ2n) is 6.42. The second-order valence-corrected chi connectivity index (χ2v) is 8.70. The molecular weight excluding hydrogens is 342 g/mol. The first kappa shape index (κ1) is 19.2. The predicted molar refractivity (Wildman–Crippen MR) is 97.5 cm³/mol. The van der Waals surface area contributed by atoms with Crippen molar-refractivity contribution in [3.63, 3.8) is 0 Å². The topological polar surface area (TPSA) is 86.8 Å². The molecule has 0 saturated carbocycles. The Morgan fingerprint density at radius 2 is 1.88 bits per heavy atom. The van der Waals surface area contributed by atoms with Crippen molar-refractivity contribution in [2.24, 2.45) is 0 Å². The van der Waals surface area contributed by atoms with Crippen LogP contribution in [0.25, 0.3) is 0 Å². The lowest BCUT2D eigenvalue weighted by molar-refractivity contribution is -0.118. The summed E-state index contributed by atoms with van der Waals surface area (Å²) in [5.41, 5.74) is 1.53. The van der Waals surface area contributed by atoms with Gasteiger partial charge in [0.15, 0.2) is 9.84 Å². The number of benzene rings is 1. The molecule has 0 radical (unpaired) electrons. The Balaban J connectivity index is 2.01. The summed E-state index contributed by atoms with van der Waals surface area (Å²) in [6.07, 6.45) is 0.719. The standard InChI is InChI=1S/C17H25N3O4S/c1-18-16(21)12-25(23,24)15-7-9-20(10-8-15)17(22)13-5-4-6-14(11-13)19(2)3/h4-6,11,15H,7-10,12H2,1-3H3,(H,18,21). The van der Waals surface area contributed by atoms with Crippen molar-refractivity contribution in [2.45, 2.75) is 18.1 Å². The molecule has 2 amide bonds. The molecule has 0 spiro atoms. The number of likely N-dealkylation sites (tertiary alicyclic amines) is 1. The van der Waals surface area contributed by atoms with Gasteiger partial charge in [0, 0.05) is 45.5 Å². The molecule has 0 atom stereocenters. The normalized spacial score (nSPS) is 15.7. The van der Waals surface area contributed by atoms with Crippen LogP contribution >= 0.6 is 0 Å². The molecule has 2 rings (SSSR count). The zero-order chi connectivity index (χ0) is 18.6. The maximum atomic E-state index is 12.6. The molecule has 138 valence electrons. The Kier molecular flexibility index (Phi) is 6.05. The largest absolute Gasteiger partial charge is 0.378 e. The summed E-state index contributed by atoms with van der Waals surface area (Å²) in [5.74, 6) is -1.09. The Labute approximate surface area is 148 Å². The van der Waals surface area contributed by atoms with Crippen LogP contribution in [-0.2, 0) is 14.6 Å². The van der Waals surface area contributed by atoms with Crippen LogP contribution in [0.1, 0.15) is 23.2 Å². The molecule has 1 aromatic carbocycles. The lowest BCUT2D eigenvalue weighted by Gasteiger charge is -2.31. The van der Waals surface area contributed by atoms with E-state index in [2.05, 4.69) is 5.32 Å². The summed E-state index contributed by atoms with van der Waals surface area (Å²) in [6, 6.07) is 7.36. The Bertz CT molecular complexity index is 738. The van der Waals surface area contributed by atoms with Gasteiger partial charge in [-0.25, -0.2) is 8.42 Å². The molecule has 0 unspecified atom stereocenters. The summed E-state index contributed by atoms with van der Waals surface area (Å²) < 4.78 is 24.5. The summed E-state index contributed by atoms with van der Waals surface area (Å²) in [5, 5.41) is 1.77. The van der Waals surface area contributed by atoms with E-state index in [1.54, 1.807) is 11.0 Å². The van der Waals surface area contributed by atoms with Crippen LogP contribution in [-0.4, -0.2) is 70.4 Å². The summed E-state index contributed by atoms with van der Waals surface area (Å²) in [6.45, 7) is 0.755. The number of hydrogen-bond donors (Lipinski definition) is 1. The highest BCUT2D eigenvalue weighted by molar-refractivity contribution is 7.92. The molecule has 1 aliphatic rings. The molecule has 25 heavy (non-hydrogen) atoms. The van der Waals surface area contributed by atoms with Crippen LogP contribution in [0.15, 0.2) is 24.3 Å². The molecular formula is C17H25N3O4S. The fourth-order valence-electron chi connectivity index (χ4n) is 2.89.